The minimum Gasteiger partial charge on any atom is -0.478 e. The average Bonchev–Trinajstić information content (AvgIpc) is 2.91. The molecule has 2 rings (SSSR count). The van der Waals surface area contributed by atoms with Crippen LogP contribution in [-0.4, -0.2) is 41.0 Å². The molecule has 0 radical (unpaired) electrons. The number of rotatable bonds is 5. The molecule has 0 unspecified atom stereocenters. The lowest BCUT2D eigenvalue weighted by Gasteiger charge is -2.17. The van der Waals surface area contributed by atoms with Gasteiger partial charge in [0.15, 0.2) is 0 Å². The highest BCUT2D eigenvalue weighted by Crippen LogP contribution is 2.22. The lowest BCUT2D eigenvalue weighted by molar-refractivity contribution is 0.0692. The van der Waals surface area contributed by atoms with Crippen molar-refractivity contribution < 1.29 is 22.7 Å². The minimum atomic E-state index is -4.14. The van der Waals surface area contributed by atoms with Crippen LogP contribution in [0.4, 0.5) is 4.39 Å². The van der Waals surface area contributed by atoms with Crippen molar-refractivity contribution >= 4 is 16.0 Å². The van der Waals surface area contributed by atoms with Gasteiger partial charge in [0.1, 0.15) is 5.82 Å². The van der Waals surface area contributed by atoms with Crippen molar-refractivity contribution in [1.29, 1.82) is 0 Å². The van der Waals surface area contributed by atoms with Crippen molar-refractivity contribution in [3.63, 3.8) is 0 Å². The van der Waals surface area contributed by atoms with Gasteiger partial charge in [-0.25, -0.2) is 17.6 Å². The second-order valence-corrected chi connectivity index (χ2v) is 6.33. The maximum Gasteiger partial charge on any atom is 0.337 e. The Labute approximate surface area is 120 Å². The van der Waals surface area contributed by atoms with E-state index in [1.807, 2.05) is 0 Å². The first-order valence-electron chi connectivity index (χ1n) is 5.79. The molecule has 9 heteroatoms. The van der Waals surface area contributed by atoms with E-state index in [-0.39, 0.29) is 6.54 Å². The number of hydrogen-bond acceptors (Lipinski definition) is 4. The first-order valence-corrected chi connectivity index (χ1v) is 7.23. The molecule has 0 amide bonds. The predicted octanol–water partition coefficient (Wildman–Crippen LogP) is 1.07. The molecular weight excluding hydrogens is 301 g/mol. The molecule has 1 heterocycles. The van der Waals surface area contributed by atoms with Crippen LogP contribution in [0.5, 0.6) is 0 Å². The Morgan fingerprint density at radius 1 is 1.48 bits per heavy atom. The molecule has 1 aromatic carbocycles. The summed E-state index contributed by atoms with van der Waals surface area (Å²) in [6.45, 7) is -0.0194. The zero-order chi connectivity index (χ0) is 15.6. The fourth-order valence-corrected chi connectivity index (χ4v) is 3.11. The summed E-state index contributed by atoms with van der Waals surface area (Å²) >= 11 is 0. The molecular formula is C12H12FN3O4S. The Kier molecular flexibility index (Phi) is 4.05. The first-order chi connectivity index (χ1) is 9.82. The topological polar surface area (TPSA) is 103 Å². The van der Waals surface area contributed by atoms with E-state index < -0.39 is 32.3 Å². The zero-order valence-corrected chi connectivity index (χ0v) is 11.8. The summed E-state index contributed by atoms with van der Waals surface area (Å²) < 4.78 is 39.0. The van der Waals surface area contributed by atoms with E-state index >= 15 is 0 Å². The van der Waals surface area contributed by atoms with Gasteiger partial charge in [-0.2, -0.15) is 9.40 Å². The van der Waals surface area contributed by atoms with Crippen LogP contribution in [0.15, 0.2) is 35.5 Å². The summed E-state index contributed by atoms with van der Waals surface area (Å²) in [5, 5.41) is 15.3. The summed E-state index contributed by atoms with van der Waals surface area (Å²) in [6, 6.07) is 2.53. The number of carboxylic acid groups (broad SMARTS) is 1. The van der Waals surface area contributed by atoms with Gasteiger partial charge in [0.05, 0.1) is 16.7 Å². The van der Waals surface area contributed by atoms with E-state index in [1.165, 1.54) is 19.4 Å². The second-order valence-electron chi connectivity index (χ2n) is 4.31. The molecule has 0 aliphatic rings. The SMILES string of the molecule is CN(Cc1cn[nH]c1)S(=O)(=O)c1cc(F)ccc1C(=O)O. The van der Waals surface area contributed by atoms with E-state index in [2.05, 4.69) is 10.2 Å². The molecule has 0 spiro atoms. The van der Waals surface area contributed by atoms with Gasteiger partial charge >= 0.3 is 5.97 Å². The Morgan fingerprint density at radius 2 is 2.19 bits per heavy atom. The fraction of sp³-hybridized carbons (Fsp3) is 0.167. The number of aromatic nitrogens is 2. The van der Waals surface area contributed by atoms with Crippen molar-refractivity contribution in [2.75, 3.05) is 7.05 Å². The number of sulfonamides is 1. The van der Waals surface area contributed by atoms with Crippen LogP contribution < -0.4 is 0 Å². The van der Waals surface area contributed by atoms with E-state index in [9.17, 15) is 17.6 Å². The molecule has 0 aliphatic heterocycles. The monoisotopic (exact) mass is 313 g/mol. The first kappa shape index (κ1) is 15.1. The number of aromatic amines is 1. The number of H-pyrrole nitrogens is 1. The summed E-state index contributed by atoms with van der Waals surface area (Å²) in [5.74, 6) is -2.26. The van der Waals surface area contributed by atoms with Crippen LogP contribution in [0.2, 0.25) is 0 Å². The molecule has 7 nitrogen and oxygen atoms in total. The Balaban J connectivity index is 2.43. The third kappa shape index (κ3) is 3.09. The zero-order valence-electron chi connectivity index (χ0n) is 10.9. The minimum absolute atomic E-state index is 0.0194. The Morgan fingerprint density at radius 3 is 2.76 bits per heavy atom. The van der Waals surface area contributed by atoms with E-state index in [0.29, 0.717) is 11.6 Å². The van der Waals surface area contributed by atoms with Crippen LogP contribution in [0.25, 0.3) is 0 Å². The molecule has 0 saturated carbocycles. The highest BCUT2D eigenvalue weighted by atomic mass is 32.2. The van der Waals surface area contributed by atoms with Gasteiger partial charge in [-0.1, -0.05) is 0 Å². The predicted molar refractivity (Wildman–Crippen MR) is 70.6 cm³/mol. The number of benzene rings is 1. The summed E-state index contributed by atoms with van der Waals surface area (Å²) in [6.07, 6.45) is 2.95. The Bertz CT molecular complexity index is 759. The molecule has 0 atom stereocenters. The summed E-state index contributed by atoms with van der Waals surface area (Å²) in [4.78, 5) is 10.5. The van der Waals surface area contributed by atoms with Crippen molar-refractivity contribution in [3.8, 4) is 0 Å². The largest absolute Gasteiger partial charge is 0.478 e. The van der Waals surface area contributed by atoms with E-state index in [4.69, 9.17) is 5.11 Å². The lowest BCUT2D eigenvalue weighted by Crippen LogP contribution is -2.28. The number of nitrogens with one attached hydrogen (secondary N) is 1. The molecule has 2 N–H and O–H groups in total. The quantitative estimate of drug-likeness (QED) is 0.859. The van der Waals surface area contributed by atoms with Gasteiger partial charge in [-0.05, 0) is 18.2 Å². The smallest absolute Gasteiger partial charge is 0.337 e. The van der Waals surface area contributed by atoms with Crippen LogP contribution in [0.3, 0.4) is 0 Å². The van der Waals surface area contributed by atoms with Crippen molar-refractivity contribution in [2.45, 2.75) is 11.4 Å². The second kappa shape index (κ2) is 5.62. The number of hydrogen-bond donors (Lipinski definition) is 2. The van der Waals surface area contributed by atoms with Gasteiger partial charge in [-0.3, -0.25) is 5.10 Å². The van der Waals surface area contributed by atoms with Crippen LogP contribution in [-0.2, 0) is 16.6 Å². The highest BCUT2D eigenvalue weighted by molar-refractivity contribution is 7.89. The fourth-order valence-electron chi connectivity index (χ4n) is 1.76. The third-order valence-corrected chi connectivity index (χ3v) is 4.67. The number of carbonyl (C=O) groups is 1. The standard InChI is InChI=1S/C12H12FN3O4S/c1-16(7-8-5-14-15-6-8)21(19,20)11-4-9(13)2-3-10(11)12(17)18/h2-6H,7H2,1H3,(H,14,15)(H,17,18). The van der Waals surface area contributed by atoms with Gasteiger partial charge in [-0.15, -0.1) is 0 Å². The molecule has 0 fully saturated rings. The highest BCUT2D eigenvalue weighted by Gasteiger charge is 2.27. The molecule has 21 heavy (non-hydrogen) atoms. The average molecular weight is 313 g/mol. The van der Waals surface area contributed by atoms with Gasteiger partial charge in [0, 0.05) is 25.4 Å². The summed E-state index contributed by atoms with van der Waals surface area (Å²) in [5.41, 5.74) is 0.116. The number of nitrogens with zero attached hydrogens (tertiary/aromatic N) is 2. The number of aromatic carboxylic acids is 1. The van der Waals surface area contributed by atoms with E-state index in [1.54, 1.807) is 0 Å². The molecule has 0 saturated heterocycles. The van der Waals surface area contributed by atoms with Gasteiger partial charge in [0.25, 0.3) is 0 Å². The van der Waals surface area contributed by atoms with Gasteiger partial charge in [0.2, 0.25) is 10.0 Å². The van der Waals surface area contributed by atoms with Gasteiger partial charge < -0.3 is 5.11 Å². The maximum absolute atomic E-state index is 13.3. The van der Waals surface area contributed by atoms with Crippen molar-refractivity contribution in [1.82, 2.24) is 14.5 Å². The summed E-state index contributed by atoms with van der Waals surface area (Å²) in [7, 11) is -2.87. The molecule has 0 bridgehead atoms. The van der Waals surface area contributed by atoms with E-state index in [0.717, 1.165) is 16.4 Å². The molecule has 1 aromatic heterocycles. The maximum atomic E-state index is 13.3. The number of halogens is 1. The molecule has 0 aliphatic carbocycles. The van der Waals surface area contributed by atoms with Crippen LogP contribution in [0.1, 0.15) is 15.9 Å². The van der Waals surface area contributed by atoms with Crippen LogP contribution in [0, 0.1) is 5.82 Å². The van der Waals surface area contributed by atoms with Crippen LogP contribution >= 0.6 is 0 Å². The molecule has 112 valence electrons. The normalized spacial score (nSPS) is 11.8. The van der Waals surface area contributed by atoms with Crippen molar-refractivity contribution in [3.05, 3.63) is 47.5 Å². The van der Waals surface area contributed by atoms with Crippen molar-refractivity contribution in [2.24, 2.45) is 0 Å². The molecule has 2 aromatic rings. The number of carboxylic acids is 1. The Hall–Kier alpha value is -2.26. The lowest BCUT2D eigenvalue weighted by atomic mass is 10.2. The third-order valence-electron chi connectivity index (χ3n) is 2.82.